The first-order chi connectivity index (χ1) is 9.74. The second-order valence-corrected chi connectivity index (χ2v) is 5.66. The highest BCUT2D eigenvalue weighted by atomic mass is 79.9. The molecule has 1 fully saturated rings. The molecule has 0 aromatic heterocycles. The van der Waals surface area contributed by atoms with Crippen molar-refractivity contribution >= 4 is 15.9 Å². The standard InChI is InChI=1S/C15H22BrNO3/c1-3-19-14-8-11(7-13(16)15(14)18-2)9-17-10-12-5-4-6-20-12/h7-8,12,17H,3-6,9-10H2,1-2H3/t12-/m0/s1. The molecule has 1 aromatic rings. The molecule has 0 bridgehead atoms. The number of halogens is 1. The summed E-state index contributed by atoms with van der Waals surface area (Å²) >= 11 is 3.53. The molecule has 20 heavy (non-hydrogen) atoms. The van der Waals surface area contributed by atoms with Gasteiger partial charge in [-0.15, -0.1) is 0 Å². The Hall–Kier alpha value is -0.780. The number of hydrogen-bond acceptors (Lipinski definition) is 4. The first-order valence-corrected chi connectivity index (χ1v) is 7.85. The minimum Gasteiger partial charge on any atom is -0.492 e. The third-order valence-corrected chi connectivity index (χ3v) is 3.89. The second kappa shape index (κ2) is 7.86. The first kappa shape index (κ1) is 15.6. The fourth-order valence-corrected chi connectivity index (χ4v) is 3.02. The lowest BCUT2D eigenvalue weighted by Crippen LogP contribution is -2.25. The molecule has 1 aliphatic rings. The maximum atomic E-state index is 5.62. The van der Waals surface area contributed by atoms with E-state index in [0.29, 0.717) is 12.7 Å². The molecule has 2 rings (SSSR count). The SMILES string of the molecule is CCOc1cc(CNC[C@@H]2CCCO2)cc(Br)c1OC. The van der Waals surface area contributed by atoms with Crippen LogP contribution in [0.5, 0.6) is 11.5 Å². The molecule has 1 aliphatic heterocycles. The zero-order chi connectivity index (χ0) is 14.4. The van der Waals surface area contributed by atoms with Crippen LogP contribution in [0, 0.1) is 0 Å². The average molecular weight is 344 g/mol. The predicted molar refractivity (Wildman–Crippen MR) is 82.5 cm³/mol. The molecule has 0 amide bonds. The molecule has 1 saturated heterocycles. The molecule has 0 unspecified atom stereocenters. The number of methoxy groups -OCH3 is 1. The van der Waals surface area contributed by atoms with Gasteiger partial charge in [-0.25, -0.2) is 0 Å². The molecule has 0 spiro atoms. The van der Waals surface area contributed by atoms with Crippen LogP contribution in [0.3, 0.4) is 0 Å². The third kappa shape index (κ3) is 4.11. The van der Waals surface area contributed by atoms with Crippen molar-refractivity contribution in [1.29, 1.82) is 0 Å². The van der Waals surface area contributed by atoms with Crippen molar-refractivity contribution in [2.45, 2.75) is 32.4 Å². The lowest BCUT2D eigenvalue weighted by atomic mass is 10.2. The van der Waals surface area contributed by atoms with E-state index < -0.39 is 0 Å². The van der Waals surface area contributed by atoms with Crippen molar-refractivity contribution < 1.29 is 14.2 Å². The molecule has 4 nitrogen and oxygen atoms in total. The molecular formula is C15H22BrNO3. The lowest BCUT2D eigenvalue weighted by Gasteiger charge is -2.15. The molecule has 1 heterocycles. The minimum absolute atomic E-state index is 0.364. The third-order valence-electron chi connectivity index (χ3n) is 3.30. The van der Waals surface area contributed by atoms with Crippen LogP contribution in [0.2, 0.25) is 0 Å². The summed E-state index contributed by atoms with van der Waals surface area (Å²) in [5.74, 6) is 1.52. The summed E-state index contributed by atoms with van der Waals surface area (Å²) in [6, 6.07) is 4.08. The van der Waals surface area contributed by atoms with Gasteiger partial charge in [0.15, 0.2) is 11.5 Å². The van der Waals surface area contributed by atoms with Crippen molar-refractivity contribution in [2.75, 3.05) is 26.9 Å². The van der Waals surface area contributed by atoms with Gasteiger partial charge >= 0.3 is 0 Å². The molecule has 112 valence electrons. The first-order valence-electron chi connectivity index (χ1n) is 7.06. The fourth-order valence-electron chi connectivity index (χ4n) is 2.37. The van der Waals surface area contributed by atoms with Gasteiger partial charge in [0.1, 0.15) is 0 Å². The van der Waals surface area contributed by atoms with Crippen LogP contribution in [0.1, 0.15) is 25.3 Å². The summed E-state index contributed by atoms with van der Waals surface area (Å²) < 4.78 is 17.5. The van der Waals surface area contributed by atoms with Crippen LogP contribution >= 0.6 is 15.9 Å². The van der Waals surface area contributed by atoms with Crippen molar-refractivity contribution in [3.05, 3.63) is 22.2 Å². The van der Waals surface area contributed by atoms with Crippen molar-refractivity contribution in [2.24, 2.45) is 0 Å². The molecule has 0 saturated carbocycles. The molecule has 1 N–H and O–H groups in total. The van der Waals surface area contributed by atoms with Gasteiger partial charge in [-0.2, -0.15) is 0 Å². The van der Waals surface area contributed by atoms with Crippen molar-refractivity contribution in [3.8, 4) is 11.5 Å². The maximum absolute atomic E-state index is 5.62. The second-order valence-electron chi connectivity index (χ2n) is 4.81. The number of ether oxygens (including phenoxy) is 3. The quantitative estimate of drug-likeness (QED) is 0.825. The lowest BCUT2D eigenvalue weighted by molar-refractivity contribution is 0.110. The van der Waals surface area contributed by atoms with Crippen LogP contribution in [-0.2, 0) is 11.3 Å². The van der Waals surface area contributed by atoms with Crippen LogP contribution in [-0.4, -0.2) is 33.0 Å². The number of nitrogens with one attached hydrogen (secondary N) is 1. The van der Waals surface area contributed by atoms with E-state index in [1.165, 1.54) is 12.0 Å². The fraction of sp³-hybridized carbons (Fsp3) is 0.600. The number of hydrogen-bond donors (Lipinski definition) is 1. The summed E-state index contributed by atoms with van der Waals surface area (Å²) in [4.78, 5) is 0. The Bertz CT molecular complexity index is 433. The van der Waals surface area contributed by atoms with Gasteiger partial charge in [0.05, 0.1) is 24.3 Å². The monoisotopic (exact) mass is 343 g/mol. The van der Waals surface area contributed by atoms with Gasteiger partial charge in [-0.3, -0.25) is 0 Å². The van der Waals surface area contributed by atoms with Gasteiger partial charge in [-0.05, 0) is 53.4 Å². The van der Waals surface area contributed by atoms with E-state index in [9.17, 15) is 0 Å². The molecular weight excluding hydrogens is 322 g/mol. The number of benzene rings is 1. The number of rotatable bonds is 7. The molecule has 0 aliphatic carbocycles. The zero-order valence-corrected chi connectivity index (χ0v) is 13.7. The van der Waals surface area contributed by atoms with E-state index in [4.69, 9.17) is 14.2 Å². The zero-order valence-electron chi connectivity index (χ0n) is 12.1. The Labute approximate surface area is 128 Å². The van der Waals surface area contributed by atoms with Gasteiger partial charge in [-0.1, -0.05) is 0 Å². The Morgan fingerprint density at radius 2 is 2.30 bits per heavy atom. The topological polar surface area (TPSA) is 39.7 Å². The summed E-state index contributed by atoms with van der Waals surface area (Å²) in [7, 11) is 1.65. The summed E-state index contributed by atoms with van der Waals surface area (Å²) in [6.45, 7) is 5.18. The summed E-state index contributed by atoms with van der Waals surface area (Å²) in [5, 5.41) is 3.44. The normalized spacial score (nSPS) is 18.2. The Kier molecular flexibility index (Phi) is 6.13. The van der Waals surface area contributed by atoms with E-state index in [2.05, 4.69) is 27.3 Å². The molecule has 0 radical (unpaired) electrons. The van der Waals surface area contributed by atoms with Gasteiger partial charge in [0, 0.05) is 19.7 Å². The van der Waals surface area contributed by atoms with Gasteiger partial charge < -0.3 is 19.5 Å². The maximum Gasteiger partial charge on any atom is 0.174 e. The Morgan fingerprint density at radius 3 is 2.95 bits per heavy atom. The van der Waals surface area contributed by atoms with Gasteiger partial charge in [0.2, 0.25) is 0 Å². The van der Waals surface area contributed by atoms with E-state index in [0.717, 1.165) is 42.1 Å². The summed E-state index contributed by atoms with van der Waals surface area (Å²) in [5.41, 5.74) is 1.17. The van der Waals surface area contributed by atoms with Crippen molar-refractivity contribution in [3.63, 3.8) is 0 Å². The Morgan fingerprint density at radius 1 is 1.45 bits per heavy atom. The molecule has 1 atom stereocenters. The van der Waals surface area contributed by atoms with Crippen LogP contribution in [0.15, 0.2) is 16.6 Å². The van der Waals surface area contributed by atoms with Crippen molar-refractivity contribution in [1.82, 2.24) is 5.32 Å². The highest BCUT2D eigenvalue weighted by Crippen LogP contribution is 2.36. The molecule has 5 heteroatoms. The van der Waals surface area contributed by atoms with E-state index >= 15 is 0 Å². The van der Waals surface area contributed by atoms with Crippen LogP contribution < -0.4 is 14.8 Å². The van der Waals surface area contributed by atoms with Gasteiger partial charge in [0.25, 0.3) is 0 Å². The summed E-state index contributed by atoms with van der Waals surface area (Å²) in [6.07, 6.45) is 2.70. The van der Waals surface area contributed by atoms with E-state index in [1.807, 2.05) is 13.0 Å². The smallest absolute Gasteiger partial charge is 0.174 e. The largest absolute Gasteiger partial charge is 0.492 e. The highest BCUT2D eigenvalue weighted by Gasteiger charge is 2.15. The predicted octanol–water partition coefficient (Wildman–Crippen LogP) is 3.13. The van der Waals surface area contributed by atoms with Crippen LogP contribution in [0.25, 0.3) is 0 Å². The minimum atomic E-state index is 0.364. The van der Waals surface area contributed by atoms with E-state index in [1.54, 1.807) is 7.11 Å². The Balaban J connectivity index is 1.96. The van der Waals surface area contributed by atoms with Crippen LogP contribution in [0.4, 0.5) is 0 Å². The average Bonchev–Trinajstić information content (AvgIpc) is 2.92. The van der Waals surface area contributed by atoms with E-state index in [-0.39, 0.29) is 0 Å². The highest BCUT2D eigenvalue weighted by molar-refractivity contribution is 9.10. The molecule has 1 aromatic carbocycles.